The first-order chi connectivity index (χ1) is 13.4. The van der Waals surface area contributed by atoms with Gasteiger partial charge in [-0.1, -0.05) is 6.42 Å². The summed E-state index contributed by atoms with van der Waals surface area (Å²) in [7, 11) is -3.55. The molecule has 1 N–H and O–H groups in total. The third kappa shape index (κ3) is 3.57. The van der Waals surface area contributed by atoms with Crippen molar-refractivity contribution < 1.29 is 22.7 Å². The molecule has 2 aliphatic rings. The van der Waals surface area contributed by atoms with Crippen LogP contribution in [0, 0.1) is 0 Å². The van der Waals surface area contributed by atoms with Crippen LogP contribution in [0.5, 0.6) is 11.5 Å². The predicted molar refractivity (Wildman–Crippen MR) is 104 cm³/mol. The maximum atomic E-state index is 12.9. The van der Waals surface area contributed by atoms with Gasteiger partial charge in [0.05, 0.1) is 4.90 Å². The summed E-state index contributed by atoms with van der Waals surface area (Å²) in [5, 5.41) is 2.78. The number of fused-ring (bicyclic) bond motifs is 1. The zero-order valence-corrected chi connectivity index (χ0v) is 16.4. The first-order valence-electron chi connectivity index (χ1n) is 9.28. The summed E-state index contributed by atoms with van der Waals surface area (Å²) in [6, 6.07) is 11.2. The van der Waals surface area contributed by atoms with E-state index in [0.717, 1.165) is 19.3 Å². The van der Waals surface area contributed by atoms with Gasteiger partial charge in [-0.2, -0.15) is 4.31 Å². The molecule has 1 atom stereocenters. The fraction of sp³-hybridized carbons (Fsp3) is 0.350. The lowest BCUT2D eigenvalue weighted by Gasteiger charge is -2.32. The molecular formula is C20H22N2O5S. The van der Waals surface area contributed by atoms with E-state index in [4.69, 9.17) is 9.47 Å². The zero-order chi connectivity index (χ0) is 19.7. The van der Waals surface area contributed by atoms with Crippen LogP contribution in [0.2, 0.25) is 0 Å². The molecule has 2 heterocycles. The molecule has 2 aliphatic heterocycles. The van der Waals surface area contributed by atoms with Crippen LogP contribution < -0.4 is 14.8 Å². The van der Waals surface area contributed by atoms with Gasteiger partial charge >= 0.3 is 0 Å². The van der Waals surface area contributed by atoms with E-state index in [1.807, 2.05) is 6.92 Å². The summed E-state index contributed by atoms with van der Waals surface area (Å²) < 4.78 is 37.9. The van der Waals surface area contributed by atoms with Crippen LogP contribution in [0.3, 0.4) is 0 Å². The Hall–Kier alpha value is -2.58. The molecule has 0 aliphatic carbocycles. The van der Waals surface area contributed by atoms with E-state index in [2.05, 4.69) is 5.32 Å². The van der Waals surface area contributed by atoms with Crippen molar-refractivity contribution in [1.29, 1.82) is 0 Å². The molecule has 7 nitrogen and oxygen atoms in total. The van der Waals surface area contributed by atoms with Gasteiger partial charge in [-0.3, -0.25) is 4.79 Å². The van der Waals surface area contributed by atoms with E-state index in [9.17, 15) is 13.2 Å². The van der Waals surface area contributed by atoms with Crippen molar-refractivity contribution >= 4 is 21.6 Å². The van der Waals surface area contributed by atoms with Crippen molar-refractivity contribution in [3.8, 4) is 11.5 Å². The summed E-state index contributed by atoms with van der Waals surface area (Å²) in [6.45, 7) is 2.64. The minimum Gasteiger partial charge on any atom is -0.454 e. The van der Waals surface area contributed by atoms with Crippen LogP contribution in [-0.4, -0.2) is 38.0 Å². The van der Waals surface area contributed by atoms with Gasteiger partial charge in [-0.05, 0) is 56.2 Å². The van der Waals surface area contributed by atoms with Crippen LogP contribution in [0.15, 0.2) is 47.4 Å². The highest BCUT2D eigenvalue weighted by atomic mass is 32.2. The van der Waals surface area contributed by atoms with E-state index in [0.29, 0.717) is 29.3 Å². The maximum absolute atomic E-state index is 12.9. The second-order valence-corrected chi connectivity index (χ2v) is 8.90. The number of nitrogens with zero attached hydrogens (tertiary/aromatic N) is 1. The molecule has 0 saturated carbocycles. The number of benzene rings is 2. The molecule has 0 unspecified atom stereocenters. The highest BCUT2D eigenvalue weighted by Crippen LogP contribution is 2.34. The molecule has 8 heteroatoms. The van der Waals surface area contributed by atoms with E-state index < -0.39 is 10.0 Å². The molecule has 28 heavy (non-hydrogen) atoms. The van der Waals surface area contributed by atoms with Crippen LogP contribution in [0.25, 0.3) is 0 Å². The van der Waals surface area contributed by atoms with Crippen LogP contribution >= 0.6 is 0 Å². The summed E-state index contributed by atoms with van der Waals surface area (Å²) in [4.78, 5) is 12.7. The van der Waals surface area contributed by atoms with Crippen LogP contribution in [-0.2, 0) is 10.0 Å². The largest absolute Gasteiger partial charge is 0.454 e. The summed E-state index contributed by atoms with van der Waals surface area (Å²) >= 11 is 0. The third-order valence-electron chi connectivity index (χ3n) is 5.10. The Balaban J connectivity index is 1.49. The van der Waals surface area contributed by atoms with Gasteiger partial charge in [0, 0.05) is 29.9 Å². The molecule has 0 radical (unpaired) electrons. The second-order valence-electron chi connectivity index (χ2n) is 7.01. The van der Waals surface area contributed by atoms with Gasteiger partial charge in [0.15, 0.2) is 11.5 Å². The van der Waals surface area contributed by atoms with Crippen molar-refractivity contribution in [2.75, 3.05) is 18.7 Å². The molecule has 1 amide bonds. The third-order valence-corrected chi connectivity index (χ3v) is 7.12. The quantitative estimate of drug-likeness (QED) is 0.849. The normalized spacial score (nSPS) is 19.4. The van der Waals surface area contributed by atoms with Gasteiger partial charge in [-0.15, -0.1) is 0 Å². The Kier molecular flexibility index (Phi) is 4.99. The summed E-state index contributed by atoms with van der Waals surface area (Å²) in [6.07, 6.45) is 2.79. The van der Waals surface area contributed by atoms with E-state index >= 15 is 0 Å². The predicted octanol–water partition coefficient (Wildman–Crippen LogP) is 3.23. The number of amides is 1. The first kappa shape index (κ1) is 18.8. The Bertz CT molecular complexity index is 988. The van der Waals surface area contributed by atoms with Crippen molar-refractivity contribution in [3.05, 3.63) is 48.0 Å². The van der Waals surface area contributed by atoms with Crippen LogP contribution in [0.1, 0.15) is 36.5 Å². The van der Waals surface area contributed by atoms with Gasteiger partial charge < -0.3 is 14.8 Å². The topological polar surface area (TPSA) is 84.9 Å². The number of nitrogens with one attached hydrogen (secondary N) is 1. The Morgan fingerprint density at radius 1 is 1.07 bits per heavy atom. The molecule has 0 bridgehead atoms. The number of sulfonamides is 1. The van der Waals surface area contributed by atoms with E-state index in [-0.39, 0.29) is 23.6 Å². The highest BCUT2D eigenvalue weighted by molar-refractivity contribution is 7.89. The minimum absolute atomic E-state index is 0.00673. The smallest absolute Gasteiger partial charge is 0.255 e. The number of anilines is 1. The molecule has 1 fully saturated rings. The van der Waals surface area contributed by atoms with Gasteiger partial charge in [-0.25, -0.2) is 8.42 Å². The average Bonchev–Trinajstić information content (AvgIpc) is 3.16. The molecule has 148 valence electrons. The monoisotopic (exact) mass is 402 g/mol. The number of carbonyl (C=O) groups excluding carboxylic acids is 1. The summed E-state index contributed by atoms with van der Waals surface area (Å²) in [5.74, 6) is 0.892. The molecule has 0 aromatic heterocycles. The number of piperidine rings is 1. The van der Waals surface area contributed by atoms with Gasteiger partial charge in [0.2, 0.25) is 16.8 Å². The molecule has 4 rings (SSSR count). The number of carbonyl (C=O) groups is 1. The summed E-state index contributed by atoms with van der Waals surface area (Å²) in [5.41, 5.74) is 0.955. The van der Waals surface area contributed by atoms with Gasteiger partial charge in [0.25, 0.3) is 5.91 Å². The lowest BCUT2D eigenvalue weighted by atomic mass is 10.1. The van der Waals surface area contributed by atoms with E-state index in [1.165, 1.54) is 24.3 Å². The lowest BCUT2D eigenvalue weighted by molar-refractivity contribution is 0.102. The fourth-order valence-corrected chi connectivity index (χ4v) is 5.22. The lowest BCUT2D eigenvalue weighted by Crippen LogP contribution is -2.41. The zero-order valence-electron chi connectivity index (χ0n) is 15.6. The number of rotatable bonds is 4. The SMILES string of the molecule is C[C@@H]1CCCCN1S(=O)(=O)c1ccc(C(=O)Nc2ccc3c(c2)OCO3)cc1. The molecule has 2 aromatic rings. The highest BCUT2D eigenvalue weighted by Gasteiger charge is 2.30. The molecular weight excluding hydrogens is 380 g/mol. The van der Waals surface area contributed by atoms with Crippen LogP contribution in [0.4, 0.5) is 5.69 Å². The number of hydrogen-bond acceptors (Lipinski definition) is 5. The first-order valence-corrected chi connectivity index (χ1v) is 10.7. The van der Waals surface area contributed by atoms with Gasteiger partial charge in [0.1, 0.15) is 0 Å². The van der Waals surface area contributed by atoms with Crippen molar-refractivity contribution in [2.24, 2.45) is 0 Å². The maximum Gasteiger partial charge on any atom is 0.255 e. The standard InChI is InChI=1S/C20H22N2O5S/c1-14-4-2-3-11-22(14)28(24,25)17-8-5-15(6-9-17)20(23)21-16-7-10-18-19(12-16)27-13-26-18/h5-10,12,14H,2-4,11,13H2,1H3,(H,21,23)/t14-/m1/s1. The Morgan fingerprint density at radius 2 is 1.82 bits per heavy atom. The molecule has 0 spiro atoms. The Labute approximate surface area is 164 Å². The second kappa shape index (κ2) is 7.44. The van der Waals surface area contributed by atoms with Crippen molar-refractivity contribution in [3.63, 3.8) is 0 Å². The minimum atomic E-state index is -3.55. The number of hydrogen-bond donors (Lipinski definition) is 1. The Morgan fingerprint density at radius 3 is 2.57 bits per heavy atom. The van der Waals surface area contributed by atoms with Crippen molar-refractivity contribution in [1.82, 2.24) is 4.31 Å². The molecule has 1 saturated heterocycles. The number of ether oxygens (including phenoxy) is 2. The van der Waals surface area contributed by atoms with Crippen molar-refractivity contribution in [2.45, 2.75) is 37.1 Å². The fourth-order valence-electron chi connectivity index (χ4n) is 3.52. The average molecular weight is 402 g/mol. The molecule has 2 aromatic carbocycles. The van der Waals surface area contributed by atoms with E-state index in [1.54, 1.807) is 22.5 Å².